The second-order valence-electron chi connectivity index (χ2n) is 4.25. The highest BCUT2D eigenvalue weighted by Crippen LogP contribution is 2.32. The molecule has 2 rings (SSSR count). The molecule has 0 radical (unpaired) electrons. The predicted molar refractivity (Wildman–Crippen MR) is 71.2 cm³/mol. The van der Waals surface area contributed by atoms with Crippen molar-refractivity contribution in [1.29, 1.82) is 0 Å². The number of rotatable bonds is 5. The van der Waals surface area contributed by atoms with Crippen molar-refractivity contribution in [2.45, 2.75) is 6.04 Å². The predicted octanol–water partition coefficient (Wildman–Crippen LogP) is -0.162. The van der Waals surface area contributed by atoms with Gasteiger partial charge in [-0.2, -0.15) is 0 Å². The van der Waals surface area contributed by atoms with Crippen molar-refractivity contribution in [2.24, 2.45) is 0 Å². The van der Waals surface area contributed by atoms with E-state index >= 15 is 0 Å². The minimum Gasteiger partial charge on any atom is -0.493 e. The number of piperazine rings is 1. The van der Waals surface area contributed by atoms with E-state index in [0.29, 0.717) is 36.6 Å². The van der Waals surface area contributed by atoms with Crippen LogP contribution in [0.15, 0.2) is 18.2 Å². The van der Waals surface area contributed by atoms with Crippen LogP contribution in [-0.4, -0.2) is 44.6 Å². The molecule has 0 bridgehead atoms. The maximum atomic E-state index is 12.1. The van der Waals surface area contributed by atoms with Gasteiger partial charge in [0.05, 0.1) is 14.2 Å². The maximum Gasteiger partial charge on any atom is 0.243 e. The van der Waals surface area contributed by atoms with Crippen molar-refractivity contribution in [3.63, 3.8) is 0 Å². The minimum atomic E-state index is -0.589. The van der Waals surface area contributed by atoms with Crippen LogP contribution in [-0.2, 0) is 9.59 Å². The standard InChI is InChI=1S/C13H17N3O4/c1-19-10-4-3-9(7-11(10)20-2)12-13(18)14-5-6-16(12)15-8-17/h3-4,7-8,12H,5-6H2,1-2H3,(H,14,18)(H,15,17). The lowest BCUT2D eigenvalue weighted by molar-refractivity contribution is -0.132. The Balaban J connectivity index is 2.35. The average Bonchev–Trinajstić information content (AvgIpc) is 2.47. The van der Waals surface area contributed by atoms with Crippen LogP contribution in [0.2, 0.25) is 0 Å². The molecule has 20 heavy (non-hydrogen) atoms. The Labute approximate surface area is 116 Å². The van der Waals surface area contributed by atoms with Crippen LogP contribution in [0.25, 0.3) is 0 Å². The summed E-state index contributed by atoms with van der Waals surface area (Å²) in [6, 6.07) is 4.65. The second-order valence-corrected chi connectivity index (χ2v) is 4.25. The summed E-state index contributed by atoms with van der Waals surface area (Å²) in [6.07, 6.45) is 0.562. The highest BCUT2D eigenvalue weighted by molar-refractivity contribution is 5.84. The van der Waals surface area contributed by atoms with Crippen LogP contribution in [0.1, 0.15) is 11.6 Å². The van der Waals surface area contributed by atoms with Crippen molar-refractivity contribution < 1.29 is 19.1 Å². The fraction of sp³-hybridized carbons (Fsp3) is 0.385. The summed E-state index contributed by atoms with van der Waals surface area (Å²) in [4.78, 5) is 22.7. The third kappa shape index (κ3) is 2.67. The minimum absolute atomic E-state index is 0.169. The topological polar surface area (TPSA) is 79.9 Å². The molecular weight excluding hydrogens is 262 g/mol. The van der Waals surface area contributed by atoms with Gasteiger partial charge in [-0.25, -0.2) is 5.01 Å². The van der Waals surface area contributed by atoms with Crippen LogP contribution in [0.3, 0.4) is 0 Å². The zero-order valence-corrected chi connectivity index (χ0v) is 11.4. The Morgan fingerprint density at radius 3 is 2.75 bits per heavy atom. The van der Waals surface area contributed by atoms with Gasteiger partial charge in [-0.3, -0.25) is 15.0 Å². The van der Waals surface area contributed by atoms with E-state index in [0.717, 1.165) is 0 Å². The number of benzene rings is 1. The van der Waals surface area contributed by atoms with E-state index < -0.39 is 6.04 Å². The summed E-state index contributed by atoms with van der Waals surface area (Å²) in [5.74, 6) is 0.953. The van der Waals surface area contributed by atoms with Gasteiger partial charge in [-0.1, -0.05) is 6.07 Å². The molecule has 1 aromatic carbocycles. The van der Waals surface area contributed by atoms with E-state index in [9.17, 15) is 9.59 Å². The molecule has 2 N–H and O–H groups in total. The highest BCUT2D eigenvalue weighted by Gasteiger charge is 2.31. The number of carbonyl (C=O) groups is 2. The number of amides is 2. The van der Waals surface area contributed by atoms with Gasteiger partial charge in [0.1, 0.15) is 6.04 Å². The highest BCUT2D eigenvalue weighted by atomic mass is 16.5. The van der Waals surface area contributed by atoms with Gasteiger partial charge in [0.15, 0.2) is 11.5 Å². The maximum absolute atomic E-state index is 12.1. The smallest absolute Gasteiger partial charge is 0.243 e. The molecule has 108 valence electrons. The number of hydrogen-bond acceptors (Lipinski definition) is 5. The van der Waals surface area contributed by atoms with E-state index in [2.05, 4.69) is 10.7 Å². The summed E-state index contributed by atoms with van der Waals surface area (Å²) in [5, 5.41) is 4.37. The van der Waals surface area contributed by atoms with Crippen LogP contribution in [0.4, 0.5) is 0 Å². The number of carbonyl (C=O) groups excluding carboxylic acids is 2. The van der Waals surface area contributed by atoms with Crippen LogP contribution < -0.4 is 20.2 Å². The van der Waals surface area contributed by atoms with Crippen molar-refractivity contribution in [2.75, 3.05) is 27.3 Å². The average molecular weight is 279 g/mol. The van der Waals surface area contributed by atoms with E-state index in [1.54, 1.807) is 30.3 Å². The van der Waals surface area contributed by atoms with Crippen LogP contribution >= 0.6 is 0 Å². The van der Waals surface area contributed by atoms with E-state index in [4.69, 9.17) is 9.47 Å². The lowest BCUT2D eigenvalue weighted by Crippen LogP contribution is -2.54. The van der Waals surface area contributed by atoms with Crippen molar-refractivity contribution in [3.8, 4) is 11.5 Å². The number of hydrogen-bond donors (Lipinski definition) is 2. The van der Waals surface area contributed by atoms with Gasteiger partial charge in [-0.15, -0.1) is 0 Å². The Morgan fingerprint density at radius 1 is 1.35 bits per heavy atom. The van der Waals surface area contributed by atoms with Crippen molar-refractivity contribution in [3.05, 3.63) is 23.8 Å². The molecule has 0 aromatic heterocycles. The largest absolute Gasteiger partial charge is 0.493 e. The van der Waals surface area contributed by atoms with Crippen LogP contribution in [0, 0.1) is 0 Å². The zero-order valence-electron chi connectivity index (χ0n) is 11.4. The number of nitrogens with zero attached hydrogens (tertiary/aromatic N) is 1. The molecule has 0 spiro atoms. The number of hydrazine groups is 1. The first kappa shape index (κ1) is 14.1. The quantitative estimate of drug-likeness (QED) is 0.732. The van der Waals surface area contributed by atoms with Gasteiger partial charge in [-0.05, 0) is 17.7 Å². The third-order valence-electron chi connectivity index (χ3n) is 3.15. The number of methoxy groups -OCH3 is 2. The number of ether oxygens (including phenoxy) is 2. The first-order valence-electron chi connectivity index (χ1n) is 6.17. The van der Waals surface area contributed by atoms with Gasteiger partial charge >= 0.3 is 0 Å². The summed E-state index contributed by atoms with van der Waals surface area (Å²) in [5.41, 5.74) is 3.27. The summed E-state index contributed by atoms with van der Waals surface area (Å²) < 4.78 is 10.4. The Kier molecular flexibility index (Phi) is 4.41. The molecule has 1 aromatic rings. The fourth-order valence-electron chi connectivity index (χ4n) is 2.23. The molecule has 1 saturated heterocycles. The number of nitrogens with one attached hydrogen (secondary N) is 2. The van der Waals surface area contributed by atoms with Crippen molar-refractivity contribution >= 4 is 12.3 Å². The third-order valence-corrected chi connectivity index (χ3v) is 3.15. The second kappa shape index (κ2) is 6.25. The summed E-state index contributed by atoms with van der Waals surface area (Å²) >= 11 is 0. The first-order valence-corrected chi connectivity index (χ1v) is 6.17. The molecule has 1 aliphatic heterocycles. The van der Waals surface area contributed by atoms with Crippen molar-refractivity contribution in [1.82, 2.24) is 15.8 Å². The van der Waals surface area contributed by atoms with Crippen LogP contribution in [0.5, 0.6) is 11.5 Å². The molecule has 1 unspecified atom stereocenters. The summed E-state index contributed by atoms with van der Waals surface area (Å²) in [6.45, 7) is 1.02. The molecule has 7 heteroatoms. The Bertz CT molecular complexity index is 506. The molecule has 1 fully saturated rings. The fourth-order valence-corrected chi connectivity index (χ4v) is 2.23. The monoisotopic (exact) mass is 279 g/mol. The van der Waals surface area contributed by atoms with Gasteiger partial charge < -0.3 is 14.8 Å². The molecule has 1 atom stereocenters. The first-order chi connectivity index (χ1) is 9.71. The van der Waals surface area contributed by atoms with E-state index in [1.807, 2.05) is 0 Å². The lowest BCUT2D eigenvalue weighted by atomic mass is 10.0. The van der Waals surface area contributed by atoms with Gasteiger partial charge in [0.25, 0.3) is 0 Å². The molecule has 1 aliphatic rings. The molecule has 7 nitrogen and oxygen atoms in total. The molecule has 0 aliphatic carbocycles. The Hall–Kier alpha value is -2.28. The molecule has 1 heterocycles. The normalized spacial score (nSPS) is 19.1. The lowest BCUT2D eigenvalue weighted by Gasteiger charge is -2.34. The SMILES string of the molecule is COc1ccc(C2C(=O)NCCN2NC=O)cc1OC. The van der Waals surface area contributed by atoms with E-state index in [-0.39, 0.29) is 5.91 Å². The van der Waals surface area contributed by atoms with E-state index in [1.165, 1.54) is 7.11 Å². The zero-order chi connectivity index (χ0) is 14.5. The summed E-state index contributed by atoms with van der Waals surface area (Å²) in [7, 11) is 3.08. The molecule has 0 saturated carbocycles. The molecule has 2 amide bonds. The van der Waals surface area contributed by atoms with Gasteiger partial charge in [0.2, 0.25) is 12.3 Å². The molecular formula is C13H17N3O4. The van der Waals surface area contributed by atoms with Gasteiger partial charge in [0, 0.05) is 13.1 Å². The Morgan fingerprint density at radius 2 is 2.10 bits per heavy atom.